The fraction of sp³-hybridized carbons (Fsp3) is 0.429. The number of rotatable bonds is 12. The number of nitrogens with zero attached hydrogens (tertiary/aromatic N) is 4. The van der Waals surface area contributed by atoms with Crippen LogP contribution < -0.4 is 4.90 Å². The quantitative estimate of drug-likeness (QED) is 0.275. The van der Waals surface area contributed by atoms with E-state index < -0.39 is 0 Å². The normalized spacial score (nSPS) is 15.2. The summed E-state index contributed by atoms with van der Waals surface area (Å²) in [5.74, 6) is 0.914. The maximum atomic E-state index is 12.1. The van der Waals surface area contributed by atoms with Crippen LogP contribution in [0.3, 0.4) is 0 Å². The highest BCUT2D eigenvalue weighted by atomic mass is 16.5. The first kappa shape index (κ1) is 26.9. The van der Waals surface area contributed by atoms with Crippen LogP contribution >= 0.6 is 0 Å². The number of anilines is 1. The number of hydrogen-bond acceptors (Lipinski definition) is 6. The molecule has 8 nitrogen and oxygen atoms in total. The van der Waals surface area contributed by atoms with Crippen LogP contribution in [0.15, 0.2) is 58.5 Å². The van der Waals surface area contributed by atoms with Crippen molar-refractivity contribution in [2.75, 3.05) is 31.2 Å². The molecule has 0 atom stereocenters. The predicted molar refractivity (Wildman–Crippen MR) is 143 cm³/mol. The van der Waals surface area contributed by atoms with Gasteiger partial charge in [0.1, 0.15) is 0 Å². The molecule has 1 saturated heterocycles. The van der Waals surface area contributed by atoms with Gasteiger partial charge < -0.3 is 9.47 Å². The minimum atomic E-state index is -0.349. The zero-order valence-electron chi connectivity index (χ0n) is 21.7. The van der Waals surface area contributed by atoms with Crippen LogP contribution in [0.1, 0.15) is 74.1 Å². The number of aliphatic imine (C=N–C) groups is 2. The van der Waals surface area contributed by atoms with Crippen molar-refractivity contribution >= 4 is 35.2 Å². The van der Waals surface area contributed by atoms with Crippen LogP contribution in [0.4, 0.5) is 11.4 Å². The third-order valence-corrected chi connectivity index (χ3v) is 5.63. The van der Waals surface area contributed by atoms with Gasteiger partial charge in [0.15, 0.2) is 0 Å². The van der Waals surface area contributed by atoms with Crippen molar-refractivity contribution < 1.29 is 19.1 Å². The van der Waals surface area contributed by atoms with E-state index in [1.165, 1.54) is 0 Å². The molecule has 0 aromatic heterocycles. The van der Waals surface area contributed by atoms with Crippen molar-refractivity contribution in [1.82, 2.24) is 4.90 Å². The lowest BCUT2D eigenvalue weighted by Crippen LogP contribution is -2.66. The molecule has 0 unspecified atom stereocenters. The summed E-state index contributed by atoms with van der Waals surface area (Å²) in [6, 6.07) is 14.4. The number of guanidine groups is 2. The largest absolute Gasteiger partial charge is 0.462 e. The van der Waals surface area contributed by atoms with Crippen molar-refractivity contribution in [3.8, 4) is 0 Å². The number of carbonyl (C=O) groups excluding carboxylic acids is 2. The van der Waals surface area contributed by atoms with E-state index >= 15 is 0 Å². The standard InChI is InChI=1S/C28H36N4O4/c1-5-9-19-29-27-31(20-10-6-2)28(30-23-15-11-21(12-16-23)25(33)35-7-3)32(27)24-17-13-22(14-18-24)26(34)36-8-4/h11-18H,5-10,19-20H2,1-4H3. The van der Waals surface area contributed by atoms with E-state index in [9.17, 15) is 9.59 Å². The zero-order chi connectivity index (χ0) is 25.9. The summed E-state index contributed by atoms with van der Waals surface area (Å²) in [5, 5.41) is 0. The zero-order valence-corrected chi connectivity index (χ0v) is 21.7. The van der Waals surface area contributed by atoms with Crippen molar-refractivity contribution in [2.45, 2.75) is 53.4 Å². The molecule has 192 valence electrons. The topological polar surface area (TPSA) is 83.8 Å². The summed E-state index contributed by atoms with van der Waals surface area (Å²) in [6.07, 6.45) is 4.12. The second kappa shape index (κ2) is 13.4. The summed E-state index contributed by atoms with van der Waals surface area (Å²) in [7, 11) is 0. The Labute approximate surface area is 213 Å². The average molecular weight is 493 g/mol. The summed E-state index contributed by atoms with van der Waals surface area (Å²) in [5.41, 5.74) is 2.58. The Morgan fingerprint density at radius 1 is 0.750 bits per heavy atom. The van der Waals surface area contributed by atoms with Gasteiger partial charge in [0.25, 0.3) is 0 Å². The van der Waals surface area contributed by atoms with Gasteiger partial charge in [0.2, 0.25) is 11.9 Å². The van der Waals surface area contributed by atoms with Gasteiger partial charge in [-0.05, 0) is 75.2 Å². The van der Waals surface area contributed by atoms with E-state index in [0.717, 1.165) is 62.1 Å². The van der Waals surface area contributed by atoms with Gasteiger partial charge in [-0.15, -0.1) is 0 Å². The predicted octanol–water partition coefficient (Wildman–Crippen LogP) is 5.81. The SMILES string of the molecule is CCCCN=C1N(CCCC)C(=Nc2ccc(C(=O)OCC)cc2)N1c1ccc(C(=O)OCC)cc1. The highest BCUT2D eigenvalue weighted by Crippen LogP contribution is 2.29. The molecule has 0 radical (unpaired) electrons. The van der Waals surface area contributed by atoms with Gasteiger partial charge in [0.05, 0.1) is 35.7 Å². The lowest BCUT2D eigenvalue weighted by molar-refractivity contribution is 0.0517. The summed E-state index contributed by atoms with van der Waals surface area (Å²) in [4.78, 5) is 38.1. The van der Waals surface area contributed by atoms with Crippen LogP contribution in [0.25, 0.3) is 0 Å². The second-order valence-corrected chi connectivity index (χ2v) is 8.32. The van der Waals surface area contributed by atoms with Crippen LogP contribution in [0, 0.1) is 0 Å². The minimum Gasteiger partial charge on any atom is -0.462 e. The Bertz CT molecular complexity index is 1080. The molecule has 0 saturated carbocycles. The van der Waals surface area contributed by atoms with Gasteiger partial charge in [-0.2, -0.15) is 0 Å². The molecule has 2 aromatic carbocycles. The number of carbonyl (C=O) groups is 2. The summed E-state index contributed by atoms with van der Waals surface area (Å²) in [6.45, 7) is 10.1. The molecule has 3 rings (SSSR count). The van der Waals surface area contributed by atoms with E-state index in [4.69, 9.17) is 19.5 Å². The number of benzene rings is 2. The van der Waals surface area contributed by atoms with E-state index in [1.807, 2.05) is 29.2 Å². The molecule has 1 heterocycles. The van der Waals surface area contributed by atoms with Crippen molar-refractivity contribution in [3.05, 3.63) is 59.7 Å². The molecule has 0 N–H and O–H groups in total. The summed E-state index contributed by atoms with van der Waals surface area (Å²) < 4.78 is 10.2. The van der Waals surface area contributed by atoms with Crippen LogP contribution in [0.5, 0.6) is 0 Å². The lowest BCUT2D eigenvalue weighted by Gasteiger charge is -2.46. The first-order valence-electron chi connectivity index (χ1n) is 12.8. The van der Waals surface area contributed by atoms with Crippen LogP contribution in [0.2, 0.25) is 0 Å². The third kappa shape index (κ3) is 6.50. The van der Waals surface area contributed by atoms with Crippen molar-refractivity contribution in [3.63, 3.8) is 0 Å². The maximum absolute atomic E-state index is 12.1. The smallest absolute Gasteiger partial charge is 0.338 e. The van der Waals surface area contributed by atoms with Gasteiger partial charge in [-0.1, -0.05) is 26.7 Å². The Balaban J connectivity index is 1.96. The van der Waals surface area contributed by atoms with Crippen molar-refractivity contribution in [1.29, 1.82) is 0 Å². The molecule has 1 aliphatic heterocycles. The Kier molecular flexibility index (Phi) is 10.0. The molecule has 8 heteroatoms. The second-order valence-electron chi connectivity index (χ2n) is 8.32. The molecular weight excluding hydrogens is 456 g/mol. The number of unbranched alkanes of at least 4 members (excludes halogenated alkanes) is 2. The highest BCUT2D eigenvalue weighted by Gasteiger charge is 2.40. The number of esters is 2. The molecule has 1 aliphatic rings. The van der Waals surface area contributed by atoms with Crippen LogP contribution in [-0.4, -0.2) is 55.1 Å². The van der Waals surface area contributed by atoms with E-state index in [1.54, 1.807) is 38.1 Å². The van der Waals surface area contributed by atoms with Gasteiger partial charge in [0, 0.05) is 13.1 Å². The molecule has 0 aliphatic carbocycles. The fourth-order valence-corrected chi connectivity index (χ4v) is 3.69. The van der Waals surface area contributed by atoms with E-state index in [2.05, 4.69) is 18.7 Å². The Morgan fingerprint density at radius 3 is 1.83 bits per heavy atom. The monoisotopic (exact) mass is 492 g/mol. The number of hydrogen-bond donors (Lipinski definition) is 0. The van der Waals surface area contributed by atoms with Gasteiger partial charge in [-0.3, -0.25) is 9.89 Å². The highest BCUT2D eigenvalue weighted by molar-refractivity contribution is 6.32. The van der Waals surface area contributed by atoms with Gasteiger partial charge >= 0.3 is 11.9 Å². The molecular formula is C28H36N4O4. The van der Waals surface area contributed by atoms with E-state index in [-0.39, 0.29) is 11.9 Å². The first-order chi connectivity index (χ1) is 17.5. The maximum Gasteiger partial charge on any atom is 0.338 e. The Morgan fingerprint density at radius 2 is 1.31 bits per heavy atom. The van der Waals surface area contributed by atoms with Crippen molar-refractivity contribution in [2.24, 2.45) is 9.98 Å². The lowest BCUT2D eigenvalue weighted by atomic mass is 10.1. The van der Waals surface area contributed by atoms with E-state index in [0.29, 0.717) is 24.3 Å². The molecule has 0 amide bonds. The molecule has 36 heavy (non-hydrogen) atoms. The fourth-order valence-electron chi connectivity index (χ4n) is 3.69. The number of ether oxygens (including phenoxy) is 2. The first-order valence-corrected chi connectivity index (χ1v) is 12.8. The van der Waals surface area contributed by atoms with Crippen LogP contribution in [-0.2, 0) is 9.47 Å². The third-order valence-electron chi connectivity index (χ3n) is 5.63. The molecule has 0 bridgehead atoms. The van der Waals surface area contributed by atoms with Gasteiger partial charge in [-0.25, -0.2) is 19.5 Å². The molecule has 1 fully saturated rings. The molecule has 2 aromatic rings. The average Bonchev–Trinajstić information content (AvgIpc) is 2.89. The summed E-state index contributed by atoms with van der Waals surface area (Å²) >= 11 is 0. The molecule has 0 spiro atoms. The minimum absolute atomic E-state index is 0.332. The Hall–Kier alpha value is -3.68.